The third-order valence-corrected chi connectivity index (χ3v) is 7.71. The molecule has 2 atom stereocenters. The standard InChI is InChI=1S/C17H20ClF2NO4S/c1-16(2)10-5-6-17(16,14(22)7-10)9-26(23,24)21-11-3-4-13(12(18)8-11)25-15(19)20/h3-4,8,10,15,21H,5-7,9H2,1-2H3/t10-,17-/m0/s1. The Balaban J connectivity index is 1.80. The van der Waals surface area contributed by atoms with Crippen molar-refractivity contribution in [3.05, 3.63) is 23.2 Å². The van der Waals surface area contributed by atoms with Crippen LogP contribution in [0.4, 0.5) is 14.5 Å². The fourth-order valence-electron chi connectivity index (χ4n) is 4.40. The van der Waals surface area contributed by atoms with Crippen molar-refractivity contribution in [1.82, 2.24) is 0 Å². The van der Waals surface area contributed by atoms with E-state index < -0.39 is 22.0 Å². The minimum Gasteiger partial charge on any atom is -0.433 e. The highest BCUT2D eigenvalue weighted by Crippen LogP contribution is 2.64. The molecule has 2 aliphatic carbocycles. The molecule has 0 amide bonds. The Labute approximate surface area is 156 Å². The summed E-state index contributed by atoms with van der Waals surface area (Å²) in [4.78, 5) is 12.5. The summed E-state index contributed by atoms with van der Waals surface area (Å²) >= 11 is 5.86. The Morgan fingerprint density at radius 3 is 2.58 bits per heavy atom. The number of halogens is 3. The van der Waals surface area contributed by atoms with E-state index in [1.165, 1.54) is 18.2 Å². The first kappa shape index (κ1) is 19.4. The van der Waals surface area contributed by atoms with E-state index in [9.17, 15) is 22.0 Å². The fourth-order valence-corrected chi connectivity index (χ4v) is 6.51. The number of Topliss-reactive ketones (excluding diaryl/α,β-unsaturated/α-hetero) is 1. The van der Waals surface area contributed by atoms with Crippen LogP contribution in [0.2, 0.25) is 5.02 Å². The lowest BCUT2D eigenvalue weighted by atomic mass is 9.70. The molecule has 0 spiro atoms. The van der Waals surface area contributed by atoms with Gasteiger partial charge in [-0.3, -0.25) is 9.52 Å². The number of anilines is 1. The molecule has 0 unspecified atom stereocenters. The van der Waals surface area contributed by atoms with Gasteiger partial charge in [-0.1, -0.05) is 25.4 Å². The van der Waals surface area contributed by atoms with E-state index in [0.717, 1.165) is 6.42 Å². The molecule has 0 saturated heterocycles. The summed E-state index contributed by atoms with van der Waals surface area (Å²) in [6.07, 6.45) is 1.83. The second-order valence-electron chi connectivity index (χ2n) is 7.55. The smallest absolute Gasteiger partial charge is 0.387 e. The van der Waals surface area contributed by atoms with Gasteiger partial charge >= 0.3 is 6.61 Å². The van der Waals surface area contributed by atoms with Gasteiger partial charge in [-0.15, -0.1) is 0 Å². The average Bonchev–Trinajstić information content (AvgIpc) is 2.83. The van der Waals surface area contributed by atoms with Crippen molar-refractivity contribution in [1.29, 1.82) is 0 Å². The average molecular weight is 408 g/mol. The number of fused-ring (bicyclic) bond motifs is 2. The van der Waals surface area contributed by atoms with Crippen LogP contribution >= 0.6 is 11.6 Å². The minimum atomic E-state index is -3.84. The quantitative estimate of drug-likeness (QED) is 0.771. The van der Waals surface area contributed by atoms with Gasteiger partial charge in [0.05, 0.1) is 21.9 Å². The van der Waals surface area contributed by atoms with E-state index in [2.05, 4.69) is 9.46 Å². The van der Waals surface area contributed by atoms with Crippen molar-refractivity contribution < 1.29 is 26.7 Å². The largest absolute Gasteiger partial charge is 0.433 e. The van der Waals surface area contributed by atoms with Crippen molar-refractivity contribution in [2.75, 3.05) is 10.5 Å². The third-order valence-electron chi connectivity index (χ3n) is 6.00. The number of sulfonamides is 1. The molecule has 2 fully saturated rings. The second kappa shape index (κ2) is 6.34. The summed E-state index contributed by atoms with van der Waals surface area (Å²) in [6, 6.07) is 3.66. The van der Waals surface area contributed by atoms with E-state index in [1.807, 2.05) is 13.8 Å². The Bertz CT molecular complexity index is 843. The topological polar surface area (TPSA) is 72.5 Å². The summed E-state index contributed by atoms with van der Waals surface area (Å²) < 4.78 is 56.5. The lowest BCUT2D eigenvalue weighted by Crippen LogP contribution is -2.43. The van der Waals surface area contributed by atoms with Gasteiger partial charge in [0, 0.05) is 6.42 Å². The van der Waals surface area contributed by atoms with E-state index in [4.69, 9.17) is 11.6 Å². The summed E-state index contributed by atoms with van der Waals surface area (Å²) in [5, 5.41) is -0.137. The number of carbonyl (C=O) groups excluding carboxylic acids is 1. The molecule has 5 nitrogen and oxygen atoms in total. The van der Waals surface area contributed by atoms with Crippen LogP contribution in [0.1, 0.15) is 33.1 Å². The molecular weight excluding hydrogens is 388 g/mol. The monoisotopic (exact) mass is 407 g/mol. The van der Waals surface area contributed by atoms with Gasteiger partial charge in [-0.05, 0) is 42.4 Å². The molecule has 26 heavy (non-hydrogen) atoms. The molecule has 0 radical (unpaired) electrons. The van der Waals surface area contributed by atoms with E-state index in [1.54, 1.807) is 0 Å². The van der Waals surface area contributed by atoms with Gasteiger partial charge in [0.2, 0.25) is 10.0 Å². The summed E-state index contributed by atoms with van der Waals surface area (Å²) in [7, 11) is -3.84. The van der Waals surface area contributed by atoms with Crippen molar-refractivity contribution in [3.63, 3.8) is 0 Å². The molecule has 3 rings (SSSR count). The molecule has 144 valence electrons. The number of carbonyl (C=O) groups is 1. The van der Waals surface area contributed by atoms with Crippen molar-refractivity contribution >= 4 is 33.1 Å². The normalized spacial score (nSPS) is 27.2. The minimum absolute atomic E-state index is 0.00263. The predicted octanol–water partition coefficient (Wildman–Crippen LogP) is 4.08. The van der Waals surface area contributed by atoms with Crippen LogP contribution in [0.15, 0.2) is 18.2 Å². The van der Waals surface area contributed by atoms with E-state index >= 15 is 0 Å². The lowest BCUT2D eigenvalue weighted by Gasteiger charge is -2.36. The number of hydrogen-bond donors (Lipinski definition) is 1. The number of nitrogens with one attached hydrogen (secondary N) is 1. The van der Waals surface area contributed by atoms with Gasteiger partial charge < -0.3 is 4.74 Å². The van der Waals surface area contributed by atoms with Crippen LogP contribution < -0.4 is 9.46 Å². The molecule has 1 N–H and O–H groups in total. The summed E-state index contributed by atoms with van der Waals surface area (Å²) in [5.41, 5.74) is -1.12. The third kappa shape index (κ3) is 3.17. The van der Waals surface area contributed by atoms with Crippen LogP contribution in [-0.4, -0.2) is 26.6 Å². The molecule has 0 heterocycles. The molecule has 0 aromatic heterocycles. The van der Waals surface area contributed by atoms with Crippen LogP contribution in [0.3, 0.4) is 0 Å². The maximum Gasteiger partial charge on any atom is 0.387 e. The Hall–Kier alpha value is -1.41. The molecular formula is C17H20ClF2NO4S. The number of ether oxygens (including phenoxy) is 1. The zero-order valence-electron chi connectivity index (χ0n) is 14.4. The molecule has 0 aliphatic heterocycles. The molecule has 2 saturated carbocycles. The Kier molecular flexibility index (Phi) is 4.72. The number of hydrogen-bond acceptors (Lipinski definition) is 4. The molecule has 1 aromatic carbocycles. The molecule has 9 heteroatoms. The molecule has 2 aliphatic rings. The van der Waals surface area contributed by atoms with Gasteiger partial charge in [0.15, 0.2) is 0 Å². The number of benzene rings is 1. The molecule has 1 aromatic rings. The number of rotatable bonds is 6. The highest BCUT2D eigenvalue weighted by atomic mass is 35.5. The van der Waals surface area contributed by atoms with Gasteiger partial charge in [-0.25, -0.2) is 8.42 Å². The van der Waals surface area contributed by atoms with E-state index in [0.29, 0.717) is 12.8 Å². The highest BCUT2D eigenvalue weighted by Gasteiger charge is 2.65. The lowest BCUT2D eigenvalue weighted by molar-refractivity contribution is -0.128. The van der Waals surface area contributed by atoms with Crippen LogP contribution in [-0.2, 0) is 14.8 Å². The van der Waals surface area contributed by atoms with Crippen LogP contribution in [0.25, 0.3) is 0 Å². The number of ketones is 1. The summed E-state index contributed by atoms with van der Waals surface area (Å²) in [6.45, 7) is 0.886. The van der Waals surface area contributed by atoms with Crippen LogP contribution in [0.5, 0.6) is 5.75 Å². The second-order valence-corrected chi connectivity index (χ2v) is 9.68. The zero-order chi connectivity index (χ0) is 19.3. The van der Waals surface area contributed by atoms with Crippen molar-refractivity contribution in [3.8, 4) is 5.75 Å². The first-order chi connectivity index (χ1) is 12.0. The molecule has 2 bridgehead atoms. The van der Waals surface area contributed by atoms with Gasteiger partial charge in [0.1, 0.15) is 11.5 Å². The summed E-state index contributed by atoms with van der Waals surface area (Å²) in [5.74, 6) is -0.322. The SMILES string of the molecule is CC1(C)[C@H]2CC[C@]1(CS(=O)(=O)Nc1ccc(OC(F)F)c(Cl)c1)C(=O)C2. The Morgan fingerprint density at radius 1 is 1.38 bits per heavy atom. The van der Waals surface area contributed by atoms with Gasteiger partial charge in [0.25, 0.3) is 0 Å². The maximum absolute atomic E-state index is 12.7. The van der Waals surface area contributed by atoms with Crippen molar-refractivity contribution in [2.45, 2.75) is 39.7 Å². The zero-order valence-corrected chi connectivity index (χ0v) is 16.0. The highest BCUT2D eigenvalue weighted by molar-refractivity contribution is 7.92. The van der Waals surface area contributed by atoms with E-state index in [-0.39, 0.29) is 39.3 Å². The first-order valence-electron chi connectivity index (χ1n) is 8.25. The van der Waals surface area contributed by atoms with Crippen LogP contribution in [0, 0.1) is 16.7 Å². The fraction of sp³-hybridized carbons (Fsp3) is 0.588. The maximum atomic E-state index is 12.7. The van der Waals surface area contributed by atoms with Gasteiger partial charge in [-0.2, -0.15) is 8.78 Å². The predicted molar refractivity (Wildman–Crippen MR) is 94.1 cm³/mol. The van der Waals surface area contributed by atoms with Crippen molar-refractivity contribution in [2.24, 2.45) is 16.7 Å². The first-order valence-corrected chi connectivity index (χ1v) is 10.3. The Morgan fingerprint density at radius 2 is 2.08 bits per heavy atom. The number of alkyl halides is 2.